The maximum absolute atomic E-state index is 3.49. The van der Waals surface area contributed by atoms with Crippen molar-refractivity contribution in [3.8, 4) is 0 Å². The van der Waals surface area contributed by atoms with E-state index in [0.29, 0.717) is 6.04 Å². The third-order valence-corrected chi connectivity index (χ3v) is 5.14. The normalized spacial score (nSPS) is 23.1. The quantitative estimate of drug-likeness (QED) is 0.907. The molecule has 20 heavy (non-hydrogen) atoms. The van der Waals surface area contributed by atoms with E-state index in [1.165, 1.54) is 49.9 Å². The average Bonchev–Trinajstić information content (AvgIpc) is 2.97. The van der Waals surface area contributed by atoms with E-state index in [0.717, 1.165) is 19.0 Å². The SMILES string of the molecule is Cc1ccc([C@H](C2CCCC2)N2CCNCC2)c(C)c1. The van der Waals surface area contributed by atoms with Crippen LogP contribution in [-0.2, 0) is 0 Å². The molecule has 0 radical (unpaired) electrons. The Balaban J connectivity index is 1.90. The summed E-state index contributed by atoms with van der Waals surface area (Å²) in [6, 6.07) is 7.71. The highest BCUT2D eigenvalue weighted by molar-refractivity contribution is 5.33. The second kappa shape index (κ2) is 6.28. The summed E-state index contributed by atoms with van der Waals surface area (Å²) >= 11 is 0. The van der Waals surface area contributed by atoms with Crippen LogP contribution in [0.25, 0.3) is 0 Å². The second-order valence-electron chi connectivity index (χ2n) is 6.64. The molecule has 0 amide bonds. The number of nitrogens with one attached hydrogen (secondary N) is 1. The number of hydrogen-bond acceptors (Lipinski definition) is 2. The first-order valence-electron chi connectivity index (χ1n) is 8.27. The van der Waals surface area contributed by atoms with Crippen LogP contribution in [0.5, 0.6) is 0 Å². The molecule has 1 N–H and O–H groups in total. The van der Waals surface area contributed by atoms with Crippen molar-refractivity contribution in [2.75, 3.05) is 26.2 Å². The van der Waals surface area contributed by atoms with Gasteiger partial charge in [0.15, 0.2) is 0 Å². The lowest BCUT2D eigenvalue weighted by Crippen LogP contribution is -2.46. The molecule has 1 aromatic carbocycles. The molecule has 1 saturated heterocycles. The van der Waals surface area contributed by atoms with Crippen LogP contribution in [0, 0.1) is 19.8 Å². The highest BCUT2D eigenvalue weighted by Gasteiger charge is 2.32. The Labute approximate surface area is 123 Å². The van der Waals surface area contributed by atoms with Crippen molar-refractivity contribution in [3.05, 3.63) is 34.9 Å². The van der Waals surface area contributed by atoms with Crippen LogP contribution in [-0.4, -0.2) is 31.1 Å². The lowest BCUT2D eigenvalue weighted by atomic mass is 9.87. The predicted octanol–water partition coefficient (Wildman–Crippen LogP) is 3.44. The van der Waals surface area contributed by atoms with E-state index in [-0.39, 0.29) is 0 Å². The molecule has 1 saturated carbocycles. The molecular formula is C18H28N2. The molecule has 0 aromatic heterocycles. The molecule has 2 heteroatoms. The zero-order valence-corrected chi connectivity index (χ0v) is 13.0. The van der Waals surface area contributed by atoms with Gasteiger partial charge in [-0.25, -0.2) is 0 Å². The van der Waals surface area contributed by atoms with Crippen LogP contribution >= 0.6 is 0 Å². The minimum atomic E-state index is 0.653. The molecule has 2 fully saturated rings. The van der Waals surface area contributed by atoms with Crippen LogP contribution in [0.1, 0.15) is 48.4 Å². The van der Waals surface area contributed by atoms with Gasteiger partial charge in [-0.1, -0.05) is 36.6 Å². The summed E-state index contributed by atoms with van der Waals surface area (Å²) in [4.78, 5) is 2.74. The van der Waals surface area contributed by atoms with Gasteiger partial charge in [0, 0.05) is 32.2 Å². The molecule has 110 valence electrons. The molecule has 1 aromatic rings. The van der Waals surface area contributed by atoms with E-state index in [9.17, 15) is 0 Å². The molecule has 0 bridgehead atoms. The van der Waals surface area contributed by atoms with Crippen molar-refractivity contribution < 1.29 is 0 Å². The smallest absolute Gasteiger partial charge is 0.0379 e. The highest BCUT2D eigenvalue weighted by Crippen LogP contribution is 2.40. The minimum absolute atomic E-state index is 0.653. The lowest BCUT2D eigenvalue weighted by molar-refractivity contribution is 0.125. The fourth-order valence-corrected chi connectivity index (χ4v) is 4.14. The van der Waals surface area contributed by atoms with Crippen LogP contribution in [0.2, 0.25) is 0 Å². The Morgan fingerprint density at radius 1 is 1.10 bits per heavy atom. The summed E-state index contributed by atoms with van der Waals surface area (Å²) in [6.45, 7) is 9.20. The summed E-state index contributed by atoms with van der Waals surface area (Å²) in [6.07, 6.45) is 5.69. The number of nitrogens with zero attached hydrogens (tertiary/aromatic N) is 1. The third kappa shape index (κ3) is 2.91. The highest BCUT2D eigenvalue weighted by atomic mass is 15.2. The van der Waals surface area contributed by atoms with Crippen molar-refractivity contribution >= 4 is 0 Å². The summed E-state index contributed by atoms with van der Waals surface area (Å²) in [5.41, 5.74) is 4.46. The Hall–Kier alpha value is -0.860. The van der Waals surface area contributed by atoms with E-state index in [4.69, 9.17) is 0 Å². The van der Waals surface area contributed by atoms with Crippen LogP contribution in [0.15, 0.2) is 18.2 Å². The third-order valence-electron chi connectivity index (χ3n) is 5.14. The monoisotopic (exact) mass is 272 g/mol. The topological polar surface area (TPSA) is 15.3 Å². The number of hydrogen-bond donors (Lipinski definition) is 1. The zero-order valence-electron chi connectivity index (χ0n) is 13.0. The van der Waals surface area contributed by atoms with Crippen LogP contribution in [0.3, 0.4) is 0 Å². The van der Waals surface area contributed by atoms with Crippen molar-refractivity contribution in [1.29, 1.82) is 0 Å². The molecule has 2 aliphatic rings. The van der Waals surface area contributed by atoms with Gasteiger partial charge in [-0.3, -0.25) is 4.90 Å². The van der Waals surface area contributed by atoms with Gasteiger partial charge in [0.25, 0.3) is 0 Å². The number of aryl methyl sites for hydroxylation is 2. The molecule has 1 heterocycles. The van der Waals surface area contributed by atoms with E-state index >= 15 is 0 Å². The Morgan fingerprint density at radius 3 is 2.45 bits per heavy atom. The molecule has 0 unspecified atom stereocenters. The van der Waals surface area contributed by atoms with E-state index < -0.39 is 0 Å². The van der Waals surface area contributed by atoms with Gasteiger partial charge in [-0.05, 0) is 43.7 Å². The van der Waals surface area contributed by atoms with Gasteiger partial charge in [0.2, 0.25) is 0 Å². The minimum Gasteiger partial charge on any atom is -0.314 e. The first-order chi connectivity index (χ1) is 9.75. The van der Waals surface area contributed by atoms with Gasteiger partial charge in [-0.2, -0.15) is 0 Å². The Morgan fingerprint density at radius 2 is 1.80 bits per heavy atom. The van der Waals surface area contributed by atoms with Gasteiger partial charge in [0.1, 0.15) is 0 Å². The van der Waals surface area contributed by atoms with E-state index in [1.54, 1.807) is 5.56 Å². The molecular weight excluding hydrogens is 244 g/mol. The van der Waals surface area contributed by atoms with Crippen LogP contribution in [0.4, 0.5) is 0 Å². The Bertz CT molecular complexity index is 443. The largest absolute Gasteiger partial charge is 0.314 e. The molecule has 0 spiro atoms. The molecule has 1 atom stereocenters. The first kappa shape index (κ1) is 14.1. The van der Waals surface area contributed by atoms with Gasteiger partial charge in [-0.15, -0.1) is 0 Å². The van der Waals surface area contributed by atoms with Crippen molar-refractivity contribution in [2.45, 2.75) is 45.6 Å². The summed E-state index contributed by atoms with van der Waals surface area (Å²) in [7, 11) is 0. The molecule has 2 nitrogen and oxygen atoms in total. The fraction of sp³-hybridized carbons (Fsp3) is 0.667. The first-order valence-corrected chi connectivity index (χ1v) is 8.27. The maximum atomic E-state index is 3.49. The lowest BCUT2D eigenvalue weighted by Gasteiger charge is -2.39. The fourth-order valence-electron chi connectivity index (χ4n) is 4.14. The second-order valence-corrected chi connectivity index (χ2v) is 6.64. The molecule has 1 aliphatic heterocycles. The Kier molecular flexibility index (Phi) is 4.42. The number of piperazine rings is 1. The maximum Gasteiger partial charge on any atom is 0.0379 e. The molecule has 1 aliphatic carbocycles. The number of benzene rings is 1. The summed E-state index contributed by atoms with van der Waals surface area (Å²) < 4.78 is 0. The van der Waals surface area contributed by atoms with Crippen molar-refractivity contribution in [1.82, 2.24) is 10.2 Å². The number of rotatable bonds is 3. The average molecular weight is 272 g/mol. The molecule has 3 rings (SSSR count). The standard InChI is InChI=1S/C18H28N2/c1-14-7-8-17(15(2)13-14)18(16-5-3-4-6-16)20-11-9-19-10-12-20/h7-8,13,16,18-19H,3-6,9-12H2,1-2H3/t18-/m0/s1. The van der Waals surface area contributed by atoms with Crippen molar-refractivity contribution in [2.24, 2.45) is 5.92 Å². The zero-order chi connectivity index (χ0) is 13.9. The van der Waals surface area contributed by atoms with E-state index in [2.05, 4.69) is 42.3 Å². The summed E-state index contributed by atoms with van der Waals surface area (Å²) in [5, 5.41) is 3.49. The van der Waals surface area contributed by atoms with Crippen molar-refractivity contribution in [3.63, 3.8) is 0 Å². The van der Waals surface area contributed by atoms with Crippen LogP contribution < -0.4 is 5.32 Å². The predicted molar refractivity (Wildman–Crippen MR) is 85.1 cm³/mol. The summed E-state index contributed by atoms with van der Waals surface area (Å²) in [5.74, 6) is 0.870. The van der Waals surface area contributed by atoms with Gasteiger partial charge < -0.3 is 5.32 Å². The van der Waals surface area contributed by atoms with Gasteiger partial charge in [0.05, 0.1) is 0 Å². The van der Waals surface area contributed by atoms with Gasteiger partial charge >= 0.3 is 0 Å². The van der Waals surface area contributed by atoms with E-state index in [1.807, 2.05) is 0 Å².